The van der Waals surface area contributed by atoms with E-state index < -0.39 is 71.9 Å². The standard InChI is InChI=1S/C45H75N3O11/c1-12-35-45(8,54)40(52)31(6)47(9)25-27(2)24-44(7)41(29(4)38(51)30(5)42(53)57-35)58-43-39(59-44)34(23-28(3)56-43)48(10)26-32-19-21-33(22-20-32)46-36(49)17-15-13-14-16-18-37(50)55-11/h19-22,27-31,34-35,38-41,43,51-52,54H,12-18,23-26H2,1-11H3,(H,46,49)/t27-,28-,29+,30-,31-,34+,35-,38+,39-,40-,41-,43+,44-,45-/m1/s1. The highest BCUT2D eigenvalue weighted by molar-refractivity contribution is 5.90. The first kappa shape index (κ1) is 49.0. The summed E-state index contributed by atoms with van der Waals surface area (Å²) in [5.74, 6) is -2.40. The van der Waals surface area contributed by atoms with Gasteiger partial charge in [-0.1, -0.05) is 45.7 Å². The van der Waals surface area contributed by atoms with Gasteiger partial charge in [0, 0.05) is 49.6 Å². The van der Waals surface area contributed by atoms with E-state index in [9.17, 15) is 29.7 Å². The normalized spacial score (nSPS) is 37.6. The van der Waals surface area contributed by atoms with Gasteiger partial charge < -0.3 is 49.2 Å². The maximum atomic E-state index is 13.6. The summed E-state index contributed by atoms with van der Waals surface area (Å²) in [7, 11) is 5.37. The van der Waals surface area contributed by atoms with Crippen molar-refractivity contribution in [3.8, 4) is 0 Å². The fraction of sp³-hybridized carbons (Fsp3) is 0.800. The van der Waals surface area contributed by atoms with Crippen LogP contribution in [0.2, 0.25) is 0 Å². The molecule has 0 spiro atoms. The first-order chi connectivity index (χ1) is 27.7. The minimum absolute atomic E-state index is 0.0376. The third-order valence-corrected chi connectivity index (χ3v) is 13.2. The Morgan fingerprint density at radius 3 is 2.27 bits per heavy atom. The molecule has 59 heavy (non-hydrogen) atoms. The number of amides is 1. The van der Waals surface area contributed by atoms with Crippen LogP contribution < -0.4 is 5.32 Å². The number of carbonyl (C=O) groups is 3. The third-order valence-electron chi connectivity index (χ3n) is 13.2. The molecular formula is C45H75N3O11. The van der Waals surface area contributed by atoms with E-state index in [0.717, 1.165) is 36.9 Å². The summed E-state index contributed by atoms with van der Waals surface area (Å²) in [6.45, 7) is 16.0. The van der Waals surface area contributed by atoms with Crippen molar-refractivity contribution < 1.29 is 53.4 Å². The minimum Gasteiger partial charge on any atom is -0.469 e. The Kier molecular flexibility index (Phi) is 17.8. The third kappa shape index (κ3) is 12.5. The molecule has 0 radical (unpaired) electrons. The van der Waals surface area contributed by atoms with E-state index in [1.54, 1.807) is 13.8 Å². The lowest BCUT2D eigenvalue weighted by molar-refractivity contribution is -0.374. The number of unbranched alkanes of at least 4 members (excludes halogenated alkanes) is 3. The van der Waals surface area contributed by atoms with E-state index in [0.29, 0.717) is 38.8 Å². The van der Waals surface area contributed by atoms with Crippen LogP contribution in [0.3, 0.4) is 0 Å². The maximum Gasteiger partial charge on any atom is 0.311 e. The lowest BCUT2D eigenvalue weighted by Crippen LogP contribution is -2.67. The Morgan fingerprint density at radius 1 is 1.00 bits per heavy atom. The van der Waals surface area contributed by atoms with E-state index in [1.165, 1.54) is 14.0 Å². The first-order valence-corrected chi connectivity index (χ1v) is 21.9. The van der Waals surface area contributed by atoms with Crippen LogP contribution in [0.5, 0.6) is 0 Å². The predicted molar refractivity (Wildman–Crippen MR) is 224 cm³/mol. The van der Waals surface area contributed by atoms with E-state index in [1.807, 2.05) is 63.9 Å². The number of ether oxygens (including phenoxy) is 5. The molecule has 4 N–H and O–H groups in total. The summed E-state index contributed by atoms with van der Waals surface area (Å²) in [6.07, 6.45) is 0.255. The summed E-state index contributed by atoms with van der Waals surface area (Å²) in [5, 5.41) is 37.8. The van der Waals surface area contributed by atoms with Gasteiger partial charge in [0.05, 0.1) is 36.9 Å². The second kappa shape index (κ2) is 21.4. The minimum atomic E-state index is -1.73. The number of aliphatic hydroxyl groups is 3. The van der Waals surface area contributed by atoms with Gasteiger partial charge in [-0.05, 0) is 104 Å². The molecule has 0 bridgehead atoms. The van der Waals surface area contributed by atoms with Crippen LogP contribution in [0.15, 0.2) is 24.3 Å². The van der Waals surface area contributed by atoms with Crippen molar-refractivity contribution >= 4 is 23.5 Å². The smallest absolute Gasteiger partial charge is 0.311 e. The number of hydrogen-bond donors (Lipinski definition) is 4. The molecule has 3 aliphatic rings. The zero-order valence-corrected chi connectivity index (χ0v) is 37.5. The molecule has 0 aliphatic carbocycles. The lowest BCUT2D eigenvalue weighted by atomic mass is 9.76. The highest BCUT2D eigenvalue weighted by atomic mass is 16.7. The van der Waals surface area contributed by atoms with Gasteiger partial charge in [-0.2, -0.15) is 0 Å². The van der Waals surface area contributed by atoms with Crippen molar-refractivity contribution in [1.82, 2.24) is 9.80 Å². The molecule has 336 valence electrons. The van der Waals surface area contributed by atoms with Crippen LogP contribution in [0, 0.1) is 17.8 Å². The van der Waals surface area contributed by atoms with Crippen LogP contribution in [0.25, 0.3) is 0 Å². The molecule has 0 saturated carbocycles. The number of aliphatic hydroxyl groups excluding tert-OH is 2. The van der Waals surface area contributed by atoms with E-state index in [2.05, 4.69) is 28.9 Å². The van der Waals surface area contributed by atoms with E-state index >= 15 is 0 Å². The van der Waals surface area contributed by atoms with Crippen molar-refractivity contribution in [2.24, 2.45) is 17.8 Å². The van der Waals surface area contributed by atoms with E-state index in [4.69, 9.17) is 18.9 Å². The number of esters is 2. The highest BCUT2D eigenvalue weighted by Gasteiger charge is 2.56. The number of hydrogen-bond acceptors (Lipinski definition) is 13. The second-order valence-electron chi connectivity index (χ2n) is 18.4. The summed E-state index contributed by atoms with van der Waals surface area (Å²) < 4.78 is 31.1. The first-order valence-electron chi connectivity index (χ1n) is 21.9. The number of methoxy groups -OCH3 is 1. The number of fused-ring (bicyclic) bond motifs is 2. The predicted octanol–water partition coefficient (Wildman–Crippen LogP) is 5.04. The van der Waals surface area contributed by atoms with Gasteiger partial charge in [-0.25, -0.2) is 0 Å². The van der Waals surface area contributed by atoms with Crippen LogP contribution >= 0.6 is 0 Å². The van der Waals surface area contributed by atoms with Gasteiger partial charge in [0.1, 0.15) is 23.9 Å². The number of rotatable bonds is 12. The number of nitrogens with one attached hydrogen (secondary N) is 1. The monoisotopic (exact) mass is 834 g/mol. The number of anilines is 1. The summed E-state index contributed by atoms with van der Waals surface area (Å²) in [4.78, 5) is 41.8. The Hall–Kier alpha value is -2.69. The molecule has 14 atom stereocenters. The van der Waals surface area contributed by atoms with Crippen molar-refractivity contribution in [2.75, 3.05) is 33.1 Å². The van der Waals surface area contributed by atoms with Crippen molar-refractivity contribution in [3.05, 3.63) is 29.8 Å². The summed E-state index contributed by atoms with van der Waals surface area (Å²) >= 11 is 0. The summed E-state index contributed by atoms with van der Waals surface area (Å²) in [5.41, 5.74) is -0.840. The Labute approximate surface area is 352 Å². The molecule has 3 fully saturated rings. The molecule has 14 heteroatoms. The Bertz CT molecular complexity index is 1510. The maximum absolute atomic E-state index is 13.6. The topological polar surface area (TPSA) is 177 Å². The van der Waals surface area contributed by atoms with Crippen molar-refractivity contribution in [1.29, 1.82) is 0 Å². The van der Waals surface area contributed by atoms with Gasteiger partial charge in [0.2, 0.25) is 5.91 Å². The second-order valence-corrected chi connectivity index (χ2v) is 18.4. The van der Waals surface area contributed by atoms with Crippen molar-refractivity contribution in [2.45, 2.75) is 186 Å². The van der Waals surface area contributed by atoms with Crippen LogP contribution in [0.1, 0.15) is 119 Å². The number of likely N-dealkylation sites (N-methyl/N-ethyl adjacent to an activating group) is 2. The number of nitrogens with zero attached hydrogens (tertiary/aromatic N) is 2. The molecule has 1 aromatic rings. The van der Waals surface area contributed by atoms with Crippen molar-refractivity contribution in [3.63, 3.8) is 0 Å². The van der Waals surface area contributed by atoms with Gasteiger partial charge in [-0.3, -0.25) is 19.3 Å². The molecule has 1 aromatic carbocycles. The van der Waals surface area contributed by atoms with Crippen LogP contribution in [0.4, 0.5) is 5.69 Å². The van der Waals surface area contributed by atoms with E-state index in [-0.39, 0.29) is 36.4 Å². The Morgan fingerprint density at radius 2 is 1.64 bits per heavy atom. The Balaban J connectivity index is 1.49. The molecule has 4 rings (SSSR count). The number of carbonyl (C=O) groups excluding carboxylic acids is 3. The largest absolute Gasteiger partial charge is 0.469 e. The van der Waals surface area contributed by atoms with Crippen LogP contribution in [-0.4, -0.2) is 137 Å². The average Bonchev–Trinajstić information content (AvgIpc) is 3.19. The average molecular weight is 834 g/mol. The number of cyclic esters (lactones) is 1. The van der Waals surface area contributed by atoms with Gasteiger partial charge >= 0.3 is 11.9 Å². The highest BCUT2D eigenvalue weighted by Crippen LogP contribution is 2.44. The SMILES string of the molecule is CC[C@H]1OC(=O)[C@H](C)[C@@H](O)[C@H](C)[C@H]2O[C@@H]3O[C@H](C)C[C@H](N(C)Cc4ccc(NC(=O)CCCCCCC(=O)OC)cc4)[C@H]3O[C@]2(C)C[C@@H](C)CN(C)[C@H](C)[C@@H](O)[C@]1(C)O. The molecule has 1 amide bonds. The number of benzene rings is 1. The molecular weight excluding hydrogens is 759 g/mol. The van der Waals surface area contributed by atoms with Crippen LogP contribution in [-0.2, 0) is 44.6 Å². The molecule has 14 nitrogen and oxygen atoms in total. The quantitative estimate of drug-likeness (QED) is 0.163. The van der Waals surface area contributed by atoms with Gasteiger partial charge in [-0.15, -0.1) is 0 Å². The fourth-order valence-electron chi connectivity index (χ4n) is 9.51. The summed E-state index contributed by atoms with van der Waals surface area (Å²) in [6, 6.07) is 7.31. The molecule has 3 heterocycles. The lowest BCUT2D eigenvalue weighted by Gasteiger charge is -2.56. The zero-order valence-electron chi connectivity index (χ0n) is 37.5. The fourth-order valence-corrected chi connectivity index (χ4v) is 9.51. The molecule has 3 aliphatic heterocycles. The zero-order chi connectivity index (χ0) is 43.8. The molecule has 0 unspecified atom stereocenters. The van der Waals surface area contributed by atoms with Gasteiger partial charge in [0.15, 0.2) is 6.29 Å². The molecule has 3 saturated heterocycles. The molecule has 0 aromatic heterocycles. The van der Waals surface area contributed by atoms with Gasteiger partial charge in [0.25, 0.3) is 0 Å².